The number of carbonyl (C=O) groups excluding carboxylic acids is 2. The smallest absolute Gasteiger partial charge is 0.305 e. The zero-order valence-corrected chi connectivity index (χ0v) is 13.1. The number of carbonyl (C=O) groups is 2. The van der Waals surface area contributed by atoms with Crippen molar-refractivity contribution >= 4 is 34.7 Å². The van der Waals surface area contributed by atoms with Crippen LogP contribution >= 0.6 is 11.8 Å². The lowest BCUT2D eigenvalue weighted by atomic mass is 10.3. The van der Waals surface area contributed by atoms with Gasteiger partial charge < -0.3 is 15.0 Å². The fourth-order valence-corrected chi connectivity index (χ4v) is 2.51. The number of amides is 1. The second-order valence-corrected chi connectivity index (χ2v) is 5.61. The number of rotatable bonds is 7. The largest absolute Gasteiger partial charge is 0.469 e. The number of hydrogen-bond acceptors (Lipinski definition) is 5. The number of nitrogens with one attached hydrogen (secondary N) is 2. The molecular formula is C14H15F2N3O3S. The molecule has 2 aromatic rings. The van der Waals surface area contributed by atoms with E-state index in [-0.39, 0.29) is 24.1 Å². The number of halogens is 2. The Bertz CT molecular complexity index is 682. The van der Waals surface area contributed by atoms with E-state index < -0.39 is 11.6 Å². The van der Waals surface area contributed by atoms with E-state index in [1.807, 2.05) is 0 Å². The lowest BCUT2D eigenvalue weighted by Gasteiger charge is -2.03. The molecule has 0 atom stereocenters. The van der Waals surface area contributed by atoms with E-state index in [2.05, 4.69) is 20.0 Å². The fourth-order valence-electron chi connectivity index (χ4n) is 1.80. The van der Waals surface area contributed by atoms with E-state index in [0.29, 0.717) is 29.2 Å². The molecule has 124 valence electrons. The van der Waals surface area contributed by atoms with Gasteiger partial charge in [0.2, 0.25) is 5.91 Å². The number of imidazole rings is 1. The molecule has 0 aliphatic carbocycles. The van der Waals surface area contributed by atoms with Crippen LogP contribution in [-0.4, -0.2) is 41.3 Å². The highest BCUT2D eigenvalue weighted by molar-refractivity contribution is 7.99. The molecule has 2 rings (SSSR count). The molecule has 0 spiro atoms. The van der Waals surface area contributed by atoms with E-state index in [1.165, 1.54) is 7.11 Å². The van der Waals surface area contributed by atoms with Crippen molar-refractivity contribution in [3.63, 3.8) is 0 Å². The van der Waals surface area contributed by atoms with Crippen LogP contribution in [0, 0.1) is 11.6 Å². The molecule has 9 heteroatoms. The number of ether oxygens (including phenoxy) is 1. The Hall–Kier alpha value is -2.16. The third-order valence-electron chi connectivity index (χ3n) is 2.95. The summed E-state index contributed by atoms with van der Waals surface area (Å²) in [7, 11) is 1.31. The average Bonchev–Trinajstić information content (AvgIpc) is 2.91. The van der Waals surface area contributed by atoms with E-state index in [9.17, 15) is 18.4 Å². The molecule has 0 aliphatic rings. The summed E-state index contributed by atoms with van der Waals surface area (Å²) in [6.45, 7) is 0.366. The summed E-state index contributed by atoms with van der Waals surface area (Å²) in [5.74, 6) is -2.37. The first kappa shape index (κ1) is 17.2. The number of hydrogen-bond donors (Lipinski definition) is 2. The Morgan fingerprint density at radius 2 is 2.09 bits per heavy atom. The van der Waals surface area contributed by atoms with E-state index in [1.54, 1.807) is 0 Å². The van der Waals surface area contributed by atoms with Crippen molar-refractivity contribution in [2.75, 3.05) is 19.4 Å². The lowest BCUT2D eigenvalue weighted by Crippen LogP contribution is -2.26. The number of benzene rings is 1. The molecular weight excluding hydrogens is 328 g/mol. The Morgan fingerprint density at radius 3 is 2.83 bits per heavy atom. The summed E-state index contributed by atoms with van der Waals surface area (Å²) in [6.07, 6.45) is 0.733. The van der Waals surface area contributed by atoms with Gasteiger partial charge in [-0.2, -0.15) is 0 Å². The predicted molar refractivity (Wildman–Crippen MR) is 81.0 cm³/mol. The van der Waals surface area contributed by atoms with Crippen LogP contribution < -0.4 is 5.32 Å². The molecule has 0 radical (unpaired) electrons. The number of aromatic amines is 1. The minimum atomic E-state index is -0.969. The molecule has 0 saturated carbocycles. The minimum Gasteiger partial charge on any atom is -0.469 e. The Balaban J connectivity index is 1.79. The highest BCUT2D eigenvalue weighted by Gasteiger charge is 2.10. The molecule has 0 bridgehead atoms. The van der Waals surface area contributed by atoms with Crippen LogP contribution in [0.5, 0.6) is 0 Å². The van der Waals surface area contributed by atoms with Crippen molar-refractivity contribution in [3.05, 3.63) is 23.8 Å². The Morgan fingerprint density at radius 1 is 1.35 bits per heavy atom. The van der Waals surface area contributed by atoms with E-state index >= 15 is 0 Å². The Labute approximate surface area is 135 Å². The van der Waals surface area contributed by atoms with Gasteiger partial charge in [0.1, 0.15) is 0 Å². The van der Waals surface area contributed by atoms with Gasteiger partial charge in [0.25, 0.3) is 0 Å². The number of methoxy groups -OCH3 is 1. The molecule has 1 amide bonds. The summed E-state index contributed by atoms with van der Waals surface area (Å²) >= 11 is 1.12. The van der Waals surface area contributed by atoms with Gasteiger partial charge in [0.15, 0.2) is 16.8 Å². The summed E-state index contributed by atoms with van der Waals surface area (Å²) in [5.41, 5.74) is 0.662. The van der Waals surface area contributed by atoms with Gasteiger partial charge in [-0.15, -0.1) is 0 Å². The molecule has 0 unspecified atom stereocenters. The van der Waals surface area contributed by atoms with Crippen molar-refractivity contribution in [3.8, 4) is 0 Å². The predicted octanol–water partition coefficient (Wildman–Crippen LogP) is 2.00. The van der Waals surface area contributed by atoms with Crippen LogP contribution in [-0.2, 0) is 14.3 Å². The molecule has 1 aromatic carbocycles. The van der Waals surface area contributed by atoms with Crippen LogP contribution in [0.25, 0.3) is 11.0 Å². The van der Waals surface area contributed by atoms with Crippen LogP contribution in [0.2, 0.25) is 0 Å². The number of H-pyrrole nitrogens is 1. The molecule has 0 fully saturated rings. The second-order valence-electron chi connectivity index (χ2n) is 4.64. The standard InChI is InChI=1S/C14H15F2N3O3S/c1-22-13(21)3-2-4-17-12(20)7-23-14-18-10-5-8(15)9(16)6-11(10)19-14/h5-6H,2-4,7H2,1H3,(H,17,20)(H,18,19). The number of esters is 1. The number of fused-ring (bicyclic) bond motifs is 1. The summed E-state index contributed by atoms with van der Waals surface area (Å²) in [4.78, 5) is 29.4. The highest BCUT2D eigenvalue weighted by atomic mass is 32.2. The second kappa shape index (κ2) is 7.91. The molecule has 0 aliphatic heterocycles. The molecule has 1 heterocycles. The number of nitrogens with zero attached hydrogens (tertiary/aromatic N) is 1. The van der Waals surface area contributed by atoms with Crippen molar-refractivity contribution in [2.24, 2.45) is 0 Å². The highest BCUT2D eigenvalue weighted by Crippen LogP contribution is 2.21. The quantitative estimate of drug-likeness (QED) is 0.456. The van der Waals surface area contributed by atoms with Crippen molar-refractivity contribution in [1.82, 2.24) is 15.3 Å². The zero-order chi connectivity index (χ0) is 16.8. The molecule has 2 N–H and O–H groups in total. The van der Waals surface area contributed by atoms with Gasteiger partial charge >= 0.3 is 5.97 Å². The van der Waals surface area contributed by atoms with Gasteiger partial charge in [0.05, 0.1) is 23.9 Å². The normalized spacial score (nSPS) is 10.7. The first-order valence-corrected chi connectivity index (χ1v) is 7.79. The lowest BCUT2D eigenvalue weighted by molar-refractivity contribution is -0.140. The van der Waals surface area contributed by atoms with Crippen molar-refractivity contribution < 1.29 is 23.1 Å². The number of aromatic nitrogens is 2. The van der Waals surface area contributed by atoms with Crippen LogP contribution in [0.15, 0.2) is 17.3 Å². The summed E-state index contributed by atoms with van der Waals surface area (Å²) < 4.78 is 30.7. The third kappa shape index (κ3) is 4.92. The topological polar surface area (TPSA) is 84.1 Å². The summed E-state index contributed by atoms with van der Waals surface area (Å²) in [6, 6.07) is 2.02. The molecule has 6 nitrogen and oxygen atoms in total. The van der Waals surface area contributed by atoms with Crippen molar-refractivity contribution in [2.45, 2.75) is 18.0 Å². The molecule has 23 heavy (non-hydrogen) atoms. The van der Waals surface area contributed by atoms with Crippen LogP contribution in [0.1, 0.15) is 12.8 Å². The van der Waals surface area contributed by atoms with Crippen molar-refractivity contribution in [1.29, 1.82) is 0 Å². The SMILES string of the molecule is COC(=O)CCCNC(=O)CSc1nc2cc(F)c(F)cc2[nH]1. The van der Waals surface area contributed by atoms with Crippen LogP contribution in [0.3, 0.4) is 0 Å². The summed E-state index contributed by atoms with van der Waals surface area (Å²) in [5, 5.41) is 3.05. The van der Waals surface area contributed by atoms with Gasteiger partial charge in [-0.1, -0.05) is 11.8 Å². The van der Waals surface area contributed by atoms with E-state index in [0.717, 1.165) is 23.9 Å². The first-order valence-electron chi connectivity index (χ1n) is 6.80. The maximum Gasteiger partial charge on any atom is 0.305 e. The van der Waals surface area contributed by atoms with Crippen LogP contribution in [0.4, 0.5) is 8.78 Å². The Kier molecular flexibility index (Phi) is 5.91. The zero-order valence-electron chi connectivity index (χ0n) is 12.3. The minimum absolute atomic E-state index is 0.100. The fraction of sp³-hybridized carbons (Fsp3) is 0.357. The molecule has 0 saturated heterocycles. The van der Waals surface area contributed by atoms with Gasteiger partial charge in [-0.25, -0.2) is 13.8 Å². The van der Waals surface area contributed by atoms with Gasteiger partial charge in [-0.3, -0.25) is 9.59 Å². The maximum atomic E-state index is 13.1. The average molecular weight is 343 g/mol. The van der Waals surface area contributed by atoms with Gasteiger partial charge in [-0.05, 0) is 6.42 Å². The first-order chi connectivity index (χ1) is 11.0. The monoisotopic (exact) mass is 343 g/mol. The van der Waals surface area contributed by atoms with Gasteiger partial charge in [0, 0.05) is 25.1 Å². The number of thioether (sulfide) groups is 1. The third-order valence-corrected chi connectivity index (χ3v) is 3.82. The van der Waals surface area contributed by atoms with E-state index in [4.69, 9.17) is 0 Å². The molecule has 1 aromatic heterocycles. The maximum absolute atomic E-state index is 13.1.